The predicted octanol–water partition coefficient (Wildman–Crippen LogP) is 3.28. The molecule has 98 valence electrons. The van der Waals surface area contributed by atoms with Gasteiger partial charge in [-0.3, -0.25) is 4.68 Å². The number of aryl methyl sites for hydroxylation is 1. The summed E-state index contributed by atoms with van der Waals surface area (Å²) in [6, 6.07) is 0. The quantitative estimate of drug-likeness (QED) is 0.800. The number of carbonyl (C=O) groups excluding carboxylic acids is 1. The van der Waals surface area contributed by atoms with E-state index in [4.69, 9.17) is 0 Å². The van der Waals surface area contributed by atoms with Crippen LogP contribution in [0.15, 0.2) is 17.1 Å². The molecule has 0 spiro atoms. The van der Waals surface area contributed by atoms with E-state index in [0.29, 0.717) is 0 Å². The molecule has 0 amide bonds. The third kappa shape index (κ3) is 2.85. The van der Waals surface area contributed by atoms with Crippen LogP contribution in [-0.4, -0.2) is 21.1 Å². The Labute approximate surface area is 112 Å². The molecule has 0 N–H and O–H groups in total. The van der Waals surface area contributed by atoms with Gasteiger partial charge in [0.15, 0.2) is 0 Å². The highest BCUT2D eigenvalue weighted by Gasteiger charge is 2.22. The predicted molar refractivity (Wildman–Crippen MR) is 74.8 cm³/mol. The van der Waals surface area contributed by atoms with Crippen molar-refractivity contribution in [2.75, 3.05) is 0 Å². The van der Waals surface area contributed by atoms with E-state index in [9.17, 15) is 4.79 Å². The van der Waals surface area contributed by atoms with Crippen molar-refractivity contribution in [1.82, 2.24) is 14.8 Å². The molecular weight excluding hydrogens is 246 g/mol. The van der Waals surface area contributed by atoms with Gasteiger partial charge in [0.2, 0.25) is 0 Å². The second-order valence-electron chi connectivity index (χ2n) is 4.25. The summed E-state index contributed by atoms with van der Waals surface area (Å²) < 4.78 is 1.68. The lowest BCUT2D eigenvalue weighted by Crippen LogP contribution is -2.28. The van der Waals surface area contributed by atoms with E-state index >= 15 is 0 Å². The van der Waals surface area contributed by atoms with Crippen LogP contribution in [0.5, 0.6) is 0 Å². The van der Waals surface area contributed by atoms with Crippen LogP contribution in [0.1, 0.15) is 33.3 Å². The number of carbonyl (C=O) groups is 1. The Morgan fingerprint density at radius 3 is 2.56 bits per heavy atom. The van der Waals surface area contributed by atoms with Gasteiger partial charge in [-0.2, -0.15) is 5.10 Å². The molecule has 0 aromatic carbocycles. The Bertz CT molecular complexity index is 500. The summed E-state index contributed by atoms with van der Waals surface area (Å²) in [5, 5.41) is 6.38. The highest BCUT2D eigenvalue weighted by Crippen LogP contribution is 2.23. The van der Waals surface area contributed by atoms with Crippen molar-refractivity contribution in [1.29, 1.82) is 0 Å². The van der Waals surface area contributed by atoms with E-state index < -0.39 is 5.54 Å². The van der Waals surface area contributed by atoms with Gasteiger partial charge in [-0.15, -0.1) is 11.3 Å². The van der Waals surface area contributed by atoms with Gasteiger partial charge < -0.3 is 4.79 Å². The van der Waals surface area contributed by atoms with Crippen molar-refractivity contribution in [3.05, 3.63) is 22.7 Å². The first-order valence-electron chi connectivity index (χ1n) is 5.96. The fourth-order valence-electron chi connectivity index (χ4n) is 1.39. The molecule has 2 heterocycles. The van der Waals surface area contributed by atoms with Crippen LogP contribution < -0.4 is 0 Å². The van der Waals surface area contributed by atoms with E-state index in [0.717, 1.165) is 23.2 Å². The molecule has 0 atom stereocenters. The standard InChI is InChI=1S/C11H13N3OS.C2H6/c1-8-4-14(11(2,3)6-15)13-10(8)9-5-16-7-12-9;1-2/h4-7H,1-3H3;1-2H3. The molecule has 0 fully saturated rings. The largest absolute Gasteiger partial charge is 0.301 e. The molecule has 4 nitrogen and oxygen atoms in total. The molecule has 0 aliphatic rings. The van der Waals surface area contributed by atoms with E-state index in [1.54, 1.807) is 10.2 Å². The third-order valence-corrected chi connectivity index (χ3v) is 3.04. The van der Waals surface area contributed by atoms with E-state index in [-0.39, 0.29) is 0 Å². The number of hydrogen-bond acceptors (Lipinski definition) is 4. The molecular formula is C13H19N3OS. The summed E-state index contributed by atoms with van der Waals surface area (Å²) in [7, 11) is 0. The number of aldehydes is 1. The maximum Gasteiger partial charge on any atom is 0.147 e. The molecule has 0 bridgehead atoms. The zero-order valence-corrected chi connectivity index (χ0v) is 12.3. The van der Waals surface area contributed by atoms with Crippen molar-refractivity contribution in [3.63, 3.8) is 0 Å². The molecule has 2 rings (SSSR count). The Balaban J connectivity index is 0.000000771. The van der Waals surface area contributed by atoms with Crippen molar-refractivity contribution >= 4 is 17.6 Å². The average molecular weight is 265 g/mol. The first-order chi connectivity index (χ1) is 8.54. The van der Waals surface area contributed by atoms with Crippen LogP contribution in [0.25, 0.3) is 11.4 Å². The first kappa shape index (κ1) is 14.6. The average Bonchev–Trinajstić information content (AvgIpc) is 3.00. The van der Waals surface area contributed by atoms with Crippen molar-refractivity contribution in [2.45, 2.75) is 40.2 Å². The number of aromatic nitrogens is 3. The van der Waals surface area contributed by atoms with Crippen molar-refractivity contribution < 1.29 is 4.79 Å². The van der Waals surface area contributed by atoms with E-state index in [1.807, 2.05) is 46.2 Å². The number of thiazole rings is 1. The maximum atomic E-state index is 11.0. The second-order valence-corrected chi connectivity index (χ2v) is 4.97. The summed E-state index contributed by atoms with van der Waals surface area (Å²) in [6.45, 7) is 9.63. The number of rotatable bonds is 3. The van der Waals surface area contributed by atoms with Crippen LogP contribution in [0.2, 0.25) is 0 Å². The summed E-state index contributed by atoms with van der Waals surface area (Å²) in [5.41, 5.74) is 3.90. The Morgan fingerprint density at radius 2 is 2.06 bits per heavy atom. The first-order valence-corrected chi connectivity index (χ1v) is 6.90. The second kappa shape index (κ2) is 5.91. The Morgan fingerprint density at radius 1 is 1.39 bits per heavy atom. The lowest BCUT2D eigenvalue weighted by Gasteiger charge is -2.17. The third-order valence-electron chi connectivity index (χ3n) is 2.45. The van der Waals surface area contributed by atoms with Gasteiger partial charge in [0.25, 0.3) is 0 Å². The van der Waals surface area contributed by atoms with Gasteiger partial charge in [-0.25, -0.2) is 4.98 Å². The topological polar surface area (TPSA) is 47.8 Å². The fraction of sp³-hybridized carbons (Fsp3) is 0.462. The van der Waals surface area contributed by atoms with Crippen LogP contribution >= 0.6 is 11.3 Å². The minimum Gasteiger partial charge on any atom is -0.301 e. The summed E-state index contributed by atoms with van der Waals surface area (Å²) in [4.78, 5) is 15.2. The molecule has 0 radical (unpaired) electrons. The molecule has 18 heavy (non-hydrogen) atoms. The van der Waals surface area contributed by atoms with Gasteiger partial charge in [0.1, 0.15) is 23.2 Å². The highest BCUT2D eigenvalue weighted by molar-refractivity contribution is 7.07. The lowest BCUT2D eigenvalue weighted by molar-refractivity contribution is -0.114. The maximum absolute atomic E-state index is 11.0. The molecule has 0 aliphatic heterocycles. The highest BCUT2D eigenvalue weighted by atomic mass is 32.1. The molecule has 2 aromatic rings. The number of hydrogen-bond donors (Lipinski definition) is 0. The molecule has 0 saturated carbocycles. The van der Waals surface area contributed by atoms with E-state index in [1.165, 1.54) is 11.3 Å². The van der Waals surface area contributed by atoms with Gasteiger partial charge in [0, 0.05) is 11.6 Å². The Hall–Kier alpha value is -1.49. The smallest absolute Gasteiger partial charge is 0.147 e. The number of nitrogens with zero attached hydrogens (tertiary/aromatic N) is 3. The molecule has 5 heteroatoms. The van der Waals surface area contributed by atoms with Gasteiger partial charge >= 0.3 is 0 Å². The minimum absolute atomic E-state index is 0.612. The Kier molecular flexibility index (Phi) is 4.78. The van der Waals surface area contributed by atoms with Gasteiger partial charge in [-0.05, 0) is 26.3 Å². The normalized spacial score (nSPS) is 10.7. The van der Waals surface area contributed by atoms with Gasteiger partial charge in [-0.1, -0.05) is 13.8 Å². The van der Waals surface area contributed by atoms with Crippen molar-refractivity contribution in [3.8, 4) is 11.4 Å². The summed E-state index contributed by atoms with van der Waals surface area (Å²) in [5.74, 6) is 0. The SMILES string of the molecule is CC.Cc1cn(C(C)(C)C=O)nc1-c1cscn1. The zero-order valence-electron chi connectivity index (χ0n) is 11.5. The minimum atomic E-state index is -0.612. The molecule has 0 aliphatic carbocycles. The van der Waals surface area contributed by atoms with Crippen LogP contribution in [0.3, 0.4) is 0 Å². The van der Waals surface area contributed by atoms with E-state index in [2.05, 4.69) is 10.1 Å². The molecule has 0 unspecified atom stereocenters. The van der Waals surface area contributed by atoms with Crippen LogP contribution in [0.4, 0.5) is 0 Å². The summed E-state index contributed by atoms with van der Waals surface area (Å²) in [6.07, 6.45) is 2.77. The summed E-state index contributed by atoms with van der Waals surface area (Å²) >= 11 is 1.54. The molecule has 2 aromatic heterocycles. The lowest BCUT2D eigenvalue weighted by atomic mass is 10.1. The van der Waals surface area contributed by atoms with Crippen LogP contribution in [0, 0.1) is 6.92 Å². The fourth-order valence-corrected chi connectivity index (χ4v) is 1.93. The molecule has 0 saturated heterocycles. The van der Waals surface area contributed by atoms with Crippen molar-refractivity contribution in [2.24, 2.45) is 0 Å². The zero-order chi connectivity index (χ0) is 13.8. The van der Waals surface area contributed by atoms with Gasteiger partial charge in [0.05, 0.1) is 5.51 Å². The van der Waals surface area contributed by atoms with Crippen LogP contribution in [-0.2, 0) is 10.3 Å². The monoisotopic (exact) mass is 265 g/mol.